The molecular weight excluding hydrogens is 217 g/mol. The average molecular weight is 228 g/mol. The molecule has 1 aromatic carbocycles. The monoisotopic (exact) mass is 228 g/mol. The lowest BCUT2D eigenvalue weighted by molar-refractivity contribution is -0.115. The van der Waals surface area contributed by atoms with Gasteiger partial charge in [0.05, 0.1) is 5.69 Å². The fraction of sp³-hybridized carbons (Fsp3) is 0.273. The van der Waals surface area contributed by atoms with Gasteiger partial charge in [-0.1, -0.05) is 18.2 Å². The van der Waals surface area contributed by atoms with Gasteiger partial charge in [-0.25, -0.2) is 0 Å². The predicted molar refractivity (Wildman–Crippen MR) is 57.5 cm³/mol. The van der Waals surface area contributed by atoms with Gasteiger partial charge < -0.3 is 9.88 Å². The number of hydrogen-bond acceptors (Lipinski definition) is 1. The van der Waals surface area contributed by atoms with Gasteiger partial charge in [0.25, 0.3) is 0 Å². The Balaban J connectivity index is 2.31. The van der Waals surface area contributed by atoms with Gasteiger partial charge in [0, 0.05) is 24.1 Å². The summed E-state index contributed by atoms with van der Waals surface area (Å²) in [6.45, 7) is -1.01. The first-order chi connectivity index (χ1) is 7.47. The van der Waals surface area contributed by atoms with E-state index in [1.807, 2.05) is 12.1 Å². The van der Waals surface area contributed by atoms with Crippen LogP contribution in [0.5, 0.6) is 0 Å². The van der Waals surface area contributed by atoms with Gasteiger partial charge >= 0.3 is 6.18 Å². The first kappa shape index (κ1) is 10.9. The zero-order chi connectivity index (χ0) is 11.8. The maximum absolute atomic E-state index is 12.1. The number of benzene rings is 1. The van der Waals surface area contributed by atoms with Crippen LogP contribution in [0.2, 0.25) is 0 Å². The van der Waals surface area contributed by atoms with Gasteiger partial charge in [0.1, 0.15) is 6.54 Å². The molecule has 1 N–H and O–H groups in total. The normalized spacial score (nSPS) is 12.0. The molecule has 0 fully saturated rings. The van der Waals surface area contributed by atoms with Crippen LogP contribution in [-0.2, 0) is 7.05 Å². The topological polar surface area (TPSA) is 17.0 Å². The second-order valence-corrected chi connectivity index (χ2v) is 3.64. The minimum atomic E-state index is -4.20. The molecule has 2 nitrogen and oxygen atoms in total. The molecule has 0 unspecified atom stereocenters. The third-order valence-corrected chi connectivity index (χ3v) is 2.38. The summed E-state index contributed by atoms with van der Waals surface area (Å²) in [6, 6.07) is 7.33. The van der Waals surface area contributed by atoms with Crippen LogP contribution >= 0.6 is 0 Å². The van der Waals surface area contributed by atoms with E-state index in [-0.39, 0.29) is 0 Å². The van der Waals surface area contributed by atoms with Crippen molar-refractivity contribution in [2.75, 3.05) is 11.9 Å². The van der Waals surface area contributed by atoms with Crippen molar-refractivity contribution in [2.45, 2.75) is 6.18 Å². The number of hydrogen-bond donors (Lipinski definition) is 1. The molecular formula is C11H11F3N2. The molecule has 1 aromatic heterocycles. The molecule has 16 heavy (non-hydrogen) atoms. The van der Waals surface area contributed by atoms with Crippen molar-refractivity contribution in [3.63, 3.8) is 0 Å². The average Bonchev–Trinajstić information content (AvgIpc) is 2.53. The predicted octanol–water partition coefficient (Wildman–Crippen LogP) is 3.15. The van der Waals surface area contributed by atoms with E-state index in [9.17, 15) is 13.2 Å². The van der Waals surface area contributed by atoms with E-state index in [1.54, 1.807) is 29.9 Å². The van der Waals surface area contributed by atoms with Crippen molar-refractivity contribution in [1.82, 2.24) is 4.57 Å². The molecule has 5 heteroatoms. The molecule has 0 aliphatic carbocycles. The Bertz CT molecular complexity index is 499. The molecule has 0 aliphatic heterocycles. The highest BCUT2D eigenvalue weighted by Gasteiger charge is 2.27. The quantitative estimate of drug-likeness (QED) is 0.835. The number of aromatic nitrogens is 1. The largest absolute Gasteiger partial charge is 0.405 e. The lowest BCUT2D eigenvalue weighted by Crippen LogP contribution is -2.21. The number of anilines is 1. The maximum Gasteiger partial charge on any atom is 0.405 e. The fourth-order valence-corrected chi connectivity index (χ4v) is 1.68. The molecule has 0 atom stereocenters. The molecule has 86 valence electrons. The fourth-order valence-electron chi connectivity index (χ4n) is 1.68. The Labute approximate surface area is 90.7 Å². The first-order valence-corrected chi connectivity index (χ1v) is 4.82. The summed E-state index contributed by atoms with van der Waals surface area (Å²) in [6.07, 6.45) is -2.53. The van der Waals surface area contributed by atoms with E-state index in [0.29, 0.717) is 5.69 Å². The van der Waals surface area contributed by atoms with Crippen LogP contribution in [-0.4, -0.2) is 17.3 Å². The van der Waals surface area contributed by atoms with Crippen molar-refractivity contribution >= 4 is 16.6 Å². The van der Waals surface area contributed by atoms with E-state index in [0.717, 1.165) is 10.9 Å². The number of rotatable bonds is 2. The zero-order valence-electron chi connectivity index (χ0n) is 8.67. The zero-order valence-corrected chi connectivity index (χ0v) is 8.67. The third-order valence-electron chi connectivity index (χ3n) is 2.38. The Morgan fingerprint density at radius 3 is 2.62 bits per heavy atom. The third kappa shape index (κ3) is 2.13. The van der Waals surface area contributed by atoms with Crippen molar-refractivity contribution in [3.05, 3.63) is 30.5 Å². The summed E-state index contributed by atoms with van der Waals surface area (Å²) in [7, 11) is 1.81. The van der Waals surface area contributed by atoms with E-state index in [4.69, 9.17) is 0 Å². The number of fused-ring (bicyclic) bond motifs is 1. The Morgan fingerprint density at radius 2 is 1.94 bits per heavy atom. The van der Waals surface area contributed by atoms with Crippen LogP contribution in [0.4, 0.5) is 18.9 Å². The molecule has 0 saturated heterocycles. The second kappa shape index (κ2) is 3.73. The molecule has 2 rings (SSSR count). The minimum Gasteiger partial charge on any atom is -0.375 e. The number of nitrogens with one attached hydrogen (secondary N) is 1. The second-order valence-electron chi connectivity index (χ2n) is 3.64. The van der Waals surface area contributed by atoms with Gasteiger partial charge in [-0.15, -0.1) is 0 Å². The highest BCUT2D eigenvalue weighted by Crippen LogP contribution is 2.26. The van der Waals surface area contributed by atoms with Crippen molar-refractivity contribution < 1.29 is 13.2 Å². The summed E-state index contributed by atoms with van der Waals surface area (Å²) >= 11 is 0. The Hall–Kier alpha value is -1.65. The van der Waals surface area contributed by atoms with Gasteiger partial charge in [-0.05, 0) is 6.07 Å². The van der Waals surface area contributed by atoms with Crippen molar-refractivity contribution in [3.8, 4) is 0 Å². The smallest absolute Gasteiger partial charge is 0.375 e. The van der Waals surface area contributed by atoms with Gasteiger partial charge in [0.15, 0.2) is 0 Å². The molecule has 0 saturated carbocycles. The van der Waals surface area contributed by atoms with Crippen LogP contribution < -0.4 is 5.32 Å². The molecule has 0 radical (unpaired) electrons. The van der Waals surface area contributed by atoms with E-state index >= 15 is 0 Å². The highest BCUT2D eigenvalue weighted by molar-refractivity contribution is 5.92. The standard InChI is InChI=1S/C11H11F3N2/c1-16-6-9(15-7-11(12,13)14)8-4-2-3-5-10(8)16/h2-6,15H,7H2,1H3. The van der Waals surface area contributed by atoms with Crippen LogP contribution in [0.1, 0.15) is 0 Å². The molecule has 1 heterocycles. The van der Waals surface area contributed by atoms with E-state index in [2.05, 4.69) is 5.32 Å². The van der Waals surface area contributed by atoms with Crippen molar-refractivity contribution in [2.24, 2.45) is 7.05 Å². The van der Waals surface area contributed by atoms with Crippen LogP contribution in [0.25, 0.3) is 10.9 Å². The summed E-state index contributed by atoms with van der Waals surface area (Å²) in [4.78, 5) is 0. The van der Waals surface area contributed by atoms with Crippen LogP contribution in [0.3, 0.4) is 0 Å². The van der Waals surface area contributed by atoms with Crippen LogP contribution in [0, 0.1) is 0 Å². The maximum atomic E-state index is 12.1. The molecule has 0 aliphatic rings. The molecule has 0 amide bonds. The summed E-state index contributed by atoms with van der Waals surface area (Å²) < 4.78 is 38.0. The highest BCUT2D eigenvalue weighted by atomic mass is 19.4. The molecule has 0 bridgehead atoms. The number of nitrogens with zero attached hydrogens (tertiary/aromatic N) is 1. The SMILES string of the molecule is Cn1cc(NCC(F)(F)F)c2ccccc21. The lowest BCUT2D eigenvalue weighted by atomic mass is 10.2. The van der Waals surface area contributed by atoms with E-state index in [1.165, 1.54) is 0 Å². The van der Waals surface area contributed by atoms with E-state index < -0.39 is 12.7 Å². The van der Waals surface area contributed by atoms with Gasteiger partial charge in [-0.2, -0.15) is 13.2 Å². The van der Waals surface area contributed by atoms with Gasteiger partial charge in [-0.3, -0.25) is 0 Å². The minimum absolute atomic E-state index is 0.510. The molecule has 0 spiro atoms. The Kier molecular flexibility index (Phi) is 2.53. The summed E-state index contributed by atoms with van der Waals surface area (Å²) in [5, 5.41) is 3.20. The lowest BCUT2D eigenvalue weighted by Gasteiger charge is -2.07. The number of para-hydroxylation sites is 1. The number of alkyl halides is 3. The van der Waals surface area contributed by atoms with Crippen LogP contribution in [0.15, 0.2) is 30.5 Å². The summed E-state index contributed by atoms with van der Waals surface area (Å²) in [5.41, 5.74) is 1.42. The molecule has 2 aromatic rings. The van der Waals surface area contributed by atoms with Gasteiger partial charge in [0.2, 0.25) is 0 Å². The summed E-state index contributed by atoms with van der Waals surface area (Å²) in [5.74, 6) is 0. The van der Waals surface area contributed by atoms with Crippen molar-refractivity contribution in [1.29, 1.82) is 0 Å². The number of halogens is 3. The number of aryl methyl sites for hydroxylation is 1. The first-order valence-electron chi connectivity index (χ1n) is 4.82. The Morgan fingerprint density at radius 1 is 1.25 bits per heavy atom.